The SMILES string of the molecule is CNC(=O)C(C)c1ccc(NSC(C)C)cc1. The minimum Gasteiger partial charge on any atom is -0.359 e. The second-order valence-corrected chi connectivity index (χ2v) is 5.61. The van der Waals surface area contributed by atoms with Crippen molar-refractivity contribution in [3.63, 3.8) is 0 Å². The Balaban J connectivity index is 2.64. The third-order valence-electron chi connectivity index (χ3n) is 2.46. The van der Waals surface area contributed by atoms with Gasteiger partial charge in [-0.05, 0) is 36.6 Å². The summed E-state index contributed by atoms with van der Waals surface area (Å²) in [7, 11) is 1.66. The minimum atomic E-state index is -0.105. The molecule has 1 rings (SSSR count). The monoisotopic (exact) mass is 252 g/mol. The van der Waals surface area contributed by atoms with Crippen molar-refractivity contribution in [2.45, 2.75) is 31.9 Å². The van der Waals surface area contributed by atoms with Crippen LogP contribution in [0.3, 0.4) is 0 Å². The van der Waals surface area contributed by atoms with Gasteiger partial charge in [0.05, 0.1) is 5.92 Å². The topological polar surface area (TPSA) is 41.1 Å². The number of anilines is 1. The van der Waals surface area contributed by atoms with Crippen LogP contribution in [-0.2, 0) is 4.79 Å². The third-order valence-corrected chi connectivity index (χ3v) is 3.29. The minimum absolute atomic E-state index is 0.0438. The lowest BCUT2D eigenvalue weighted by Crippen LogP contribution is -2.23. The number of likely N-dealkylation sites (N-methyl/N-ethyl adjacent to an activating group) is 1. The fourth-order valence-corrected chi connectivity index (χ4v) is 1.90. The lowest BCUT2D eigenvalue weighted by molar-refractivity contribution is -0.121. The maximum absolute atomic E-state index is 11.5. The average Bonchev–Trinajstić information content (AvgIpc) is 2.35. The quantitative estimate of drug-likeness (QED) is 0.792. The first kappa shape index (κ1) is 13.9. The molecule has 0 spiro atoms. The van der Waals surface area contributed by atoms with Crippen LogP contribution >= 0.6 is 11.9 Å². The van der Waals surface area contributed by atoms with Gasteiger partial charge in [-0.15, -0.1) is 0 Å². The number of benzene rings is 1. The standard InChI is InChI=1S/C13H20N2OS/c1-9(2)17-15-12-7-5-11(6-8-12)10(3)13(16)14-4/h5-10,15H,1-4H3,(H,14,16). The van der Waals surface area contributed by atoms with Crippen LogP contribution < -0.4 is 10.0 Å². The maximum atomic E-state index is 11.5. The molecule has 0 aliphatic carbocycles. The highest BCUT2D eigenvalue weighted by molar-refractivity contribution is 8.01. The summed E-state index contributed by atoms with van der Waals surface area (Å²) in [5.41, 5.74) is 2.10. The summed E-state index contributed by atoms with van der Waals surface area (Å²) in [6.07, 6.45) is 0. The average molecular weight is 252 g/mol. The van der Waals surface area contributed by atoms with Gasteiger partial charge in [0.1, 0.15) is 0 Å². The predicted molar refractivity (Wildman–Crippen MR) is 75.3 cm³/mol. The molecule has 0 fully saturated rings. The zero-order valence-electron chi connectivity index (χ0n) is 10.8. The molecule has 0 heterocycles. The van der Waals surface area contributed by atoms with Crippen LogP contribution in [0.1, 0.15) is 32.3 Å². The molecule has 0 bridgehead atoms. The van der Waals surface area contributed by atoms with E-state index in [9.17, 15) is 4.79 Å². The molecule has 0 radical (unpaired) electrons. The van der Waals surface area contributed by atoms with E-state index in [2.05, 4.69) is 23.9 Å². The van der Waals surface area contributed by atoms with Crippen molar-refractivity contribution in [2.75, 3.05) is 11.8 Å². The summed E-state index contributed by atoms with van der Waals surface area (Å²) in [6.45, 7) is 6.18. The van der Waals surface area contributed by atoms with Crippen molar-refractivity contribution in [3.05, 3.63) is 29.8 Å². The molecule has 1 atom stereocenters. The second-order valence-electron chi connectivity index (χ2n) is 4.23. The summed E-state index contributed by atoms with van der Waals surface area (Å²) in [4.78, 5) is 11.5. The number of nitrogens with one attached hydrogen (secondary N) is 2. The van der Waals surface area contributed by atoms with Crippen molar-refractivity contribution in [2.24, 2.45) is 0 Å². The summed E-state index contributed by atoms with van der Waals surface area (Å²) >= 11 is 1.68. The Morgan fingerprint density at radius 2 is 1.76 bits per heavy atom. The lowest BCUT2D eigenvalue weighted by atomic mass is 10.0. The fourth-order valence-electron chi connectivity index (χ4n) is 1.39. The van der Waals surface area contributed by atoms with E-state index in [0.717, 1.165) is 11.3 Å². The van der Waals surface area contributed by atoms with E-state index < -0.39 is 0 Å². The van der Waals surface area contributed by atoms with E-state index in [4.69, 9.17) is 0 Å². The molecule has 1 aromatic carbocycles. The molecule has 94 valence electrons. The van der Waals surface area contributed by atoms with Crippen molar-refractivity contribution < 1.29 is 4.79 Å². The Labute approximate surface area is 108 Å². The van der Waals surface area contributed by atoms with Crippen LogP contribution in [0.2, 0.25) is 0 Å². The fraction of sp³-hybridized carbons (Fsp3) is 0.462. The molecular formula is C13H20N2OS. The molecular weight excluding hydrogens is 232 g/mol. The molecule has 4 heteroatoms. The Morgan fingerprint density at radius 3 is 2.24 bits per heavy atom. The first-order valence-electron chi connectivity index (χ1n) is 5.77. The Bertz CT molecular complexity index is 362. The van der Waals surface area contributed by atoms with Crippen molar-refractivity contribution >= 4 is 23.5 Å². The maximum Gasteiger partial charge on any atom is 0.227 e. The van der Waals surface area contributed by atoms with E-state index >= 15 is 0 Å². The van der Waals surface area contributed by atoms with Gasteiger partial charge in [0.25, 0.3) is 0 Å². The Hall–Kier alpha value is -1.16. The number of rotatable bonds is 5. The summed E-state index contributed by atoms with van der Waals surface area (Å²) in [5, 5.41) is 3.20. The highest BCUT2D eigenvalue weighted by Crippen LogP contribution is 2.21. The number of amides is 1. The zero-order valence-corrected chi connectivity index (χ0v) is 11.6. The van der Waals surface area contributed by atoms with Crippen LogP contribution in [0.5, 0.6) is 0 Å². The van der Waals surface area contributed by atoms with Crippen LogP contribution in [0.15, 0.2) is 24.3 Å². The van der Waals surface area contributed by atoms with Gasteiger partial charge in [-0.2, -0.15) is 0 Å². The van der Waals surface area contributed by atoms with Crippen LogP contribution in [0.25, 0.3) is 0 Å². The van der Waals surface area contributed by atoms with Crippen molar-refractivity contribution in [3.8, 4) is 0 Å². The molecule has 0 aliphatic heterocycles. The summed E-state index contributed by atoms with van der Waals surface area (Å²) in [6, 6.07) is 7.99. The molecule has 0 saturated carbocycles. The largest absolute Gasteiger partial charge is 0.359 e. The lowest BCUT2D eigenvalue weighted by Gasteiger charge is -2.12. The van der Waals surface area contributed by atoms with Crippen molar-refractivity contribution in [1.29, 1.82) is 0 Å². The van der Waals surface area contributed by atoms with Gasteiger partial charge < -0.3 is 10.0 Å². The third kappa shape index (κ3) is 4.30. The van der Waals surface area contributed by atoms with E-state index in [-0.39, 0.29) is 11.8 Å². The van der Waals surface area contributed by atoms with Crippen LogP contribution in [-0.4, -0.2) is 18.2 Å². The first-order chi connectivity index (χ1) is 8.04. The molecule has 0 saturated heterocycles. The van der Waals surface area contributed by atoms with E-state index in [1.54, 1.807) is 19.0 Å². The molecule has 1 amide bonds. The Morgan fingerprint density at radius 1 is 1.18 bits per heavy atom. The van der Waals surface area contributed by atoms with Gasteiger partial charge in [0, 0.05) is 18.0 Å². The molecule has 17 heavy (non-hydrogen) atoms. The molecule has 1 aromatic rings. The predicted octanol–water partition coefficient (Wildman–Crippen LogP) is 3.00. The van der Waals surface area contributed by atoms with Crippen molar-refractivity contribution in [1.82, 2.24) is 5.32 Å². The Kier molecular flexibility index (Phi) is 5.35. The second kappa shape index (κ2) is 6.55. The molecule has 3 nitrogen and oxygen atoms in total. The van der Waals surface area contributed by atoms with Gasteiger partial charge in [-0.3, -0.25) is 4.79 Å². The van der Waals surface area contributed by atoms with E-state index in [0.29, 0.717) is 5.25 Å². The first-order valence-corrected chi connectivity index (χ1v) is 6.65. The highest BCUT2D eigenvalue weighted by atomic mass is 32.2. The van der Waals surface area contributed by atoms with E-state index in [1.807, 2.05) is 31.2 Å². The van der Waals surface area contributed by atoms with Gasteiger partial charge in [-0.1, -0.05) is 26.0 Å². The smallest absolute Gasteiger partial charge is 0.227 e. The van der Waals surface area contributed by atoms with Gasteiger partial charge in [0.2, 0.25) is 5.91 Å². The molecule has 0 aliphatic rings. The molecule has 0 aromatic heterocycles. The number of hydrogen-bond donors (Lipinski definition) is 2. The number of carbonyl (C=O) groups is 1. The zero-order chi connectivity index (χ0) is 12.8. The normalized spacial score (nSPS) is 12.3. The van der Waals surface area contributed by atoms with Gasteiger partial charge in [-0.25, -0.2) is 0 Å². The number of carbonyl (C=O) groups excluding carboxylic acids is 1. The number of hydrogen-bond acceptors (Lipinski definition) is 3. The van der Waals surface area contributed by atoms with Gasteiger partial charge >= 0.3 is 0 Å². The summed E-state index contributed by atoms with van der Waals surface area (Å²) in [5.74, 6) is -0.0610. The van der Waals surface area contributed by atoms with Gasteiger partial charge in [0.15, 0.2) is 0 Å². The van der Waals surface area contributed by atoms with E-state index in [1.165, 1.54) is 0 Å². The van der Waals surface area contributed by atoms with Crippen LogP contribution in [0, 0.1) is 0 Å². The summed E-state index contributed by atoms with van der Waals surface area (Å²) < 4.78 is 3.27. The molecule has 1 unspecified atom stereocenters. The van der Waals surface area contributed by atoms with Crippen LogP contribution in [0.4, 0.5) is 5.69 Å². The highest BCUT2D eigenvalue weighted by Gasteiger charge is 2.12. The molecule has 2 N–H and O–H groups in total.